The van der Waals surface area contributed by atoms with E-state index in [4.69, 9.17) is 24.7 Å². The molecular weight excluding hydrogens is 420 g/mol. The second-order valence-electron chi connectivity index (χ2n) is 9.05. The maximum absolute atomic E-state index is 12.4. The van der Waals surface area contributed by atoms with E-state index in [0.29, 0.717) is 33.0 Å². The normalized spacial score (nSPS) is 13.9. The molecule has 180 valence electrons. The molecule has 0 unspecified atom stereocenters. The van der Waals surface area contributed by atoms with Crippen LogP contribution >= 0.6 is 0 Å². The Kier molecular flexibility index (Phi) is 9.26. The lowest BCUT2D eigenvalue weighted by Crippen LogP contribution is -2.44. The first kappa shape index (κ1) is 25.2. The number of fused-ring (bicyclic) bond motifs is 3. The summed E-state index contributed by atoms with van der Waals surface area (Å²) in [6, 6.07) is 16.2. The minimum atomic E-state index is -0.494. The fraction of sp³-hybridized carbons (Fsp3) is 0.500. The lowest BCUT2D eigenvalue weighted by Gasteiger charge is -2.20. The Morgan fingerprint density at radius 3 is 2.12 bits per heavy atom. The van der Waals surface area contributed by atoms with Crippen LogP contribution < -0.4 is 11.1 Å². The van der Waals surface area contributed by atoms with Crippen LogP contribution in [0.4, 0.5) is 4.79 Å². The molecule has 1 amide bonds. The first-order valence-corrected chi connectivity index (χ1v) is 11.5. The van der Waals surface area contributed by atoms with Gasteiger partial charge >= 0.3 is 6.09 Å². The molecule has 0 spiro atoms. The summed E-state index contributed by atoms with van der Waals surface area (Å²) in [7, 11) is 0. The van der Waals surface area contributed by atoms with Crippen molar-refractivity contribution in [1.29, 1.82) is 0 Å². The van der Waals surface area contributed by atoms with Gasteiger partial charge in [-0.3, -0.25) is 0 Å². The molecule has 0 aromatic heterocycles. The molecule has 1 aliphatic carbocycles. The molecule has 3 N–H and O–H groups in total. The summed E-state index contributed by atoms with van der Waals surface area (Å²) < 4.78 is 22.2. The van der Waals surface area contributed by atoms with E-state index in [-0.39, 0.29) is 30.7 Å². The molecule has 2 aromatic rings. The highest BCUT2D eigenvalue weighted by molar-refractivity contribution is 5.79. The van der Waals surface area contributed by atoms with Gasteiger partial charge < -0.3 is 30.0 Å². The van der Waals surface area contributed by atoms with E-state index < -0.39 is 6.09 Å². The maximum Gasteiger partial charge on any atom is 0.407 e. The van der Waals surface area contributed by atoms with Crippen molar-refractivity contribution in [2.75, 3.05) is 46.2 Å². The van der Waals surface area contributed by atoms with Gasteiger partial charge in [0.05, 0.1) is 44.7 Å². The lowest BCUT2D eigenvalue weighted by atomic mass is 9.98. The Hall–Kier alpha value is -2.45. The second kappa shape index (κ2) is 12.1. The summed E-state index contributed by atoms with van der Waals surface area (Å²) >= 11 is 0. The van der Waals surface area contributed by atoms with Crippen molar-refractivity contribution in [2.24, 2.45) is 5.73 Å². The van der Waals surface area contributed by atoms with Crippen LogP contribution in [0.2, 0.25) is 0 Å². The third kappa shape index (κ3) is 7.54. The van der Waals surface area contributed by atoms with Crippen LogP contribution in [0.1, 0.15) is 37.8 Å². The van der Waals surface area contributed by atoms with Crippen molar-refractivity contribution < 1.29 is 23.7 Å². The van der Waals surface area contributed by atoms with Gasteiger partial charge in [0.2, 0.25) is 0 Å². The lowest BCUT2D eigenvalue weighted by molar-refractivity contribution is -0.0431. The molecule has 0 heterocycles. The van der Waals surface area contributed by atoms with E-state index in [1.165, 1.54) is 22.3 Å². The molecular formula is C26H36N2O5. The SMILES string of the molecule is CC(C)(C)OCCOCCOC[C@H](CN)NC(=O)OCC1c2ccccc2-c2ccccc21. The molecule has 0 aliphatic heterocycles. The van der Waals surface area contributed by atoms with Crippen LogP contribution in [0.5, 0.6) is 0 Å². The van der Waals surface area contributed by atoms with Crippen molar-refractivity contribution in [3.63, 3.8) is 0 Å². The van der Waals surface area contributed by atoms with Crippen molar-refractivity contribution in [3.8, 4) is 11.1 Å². The van der Waals surface area contributed by atoms with Crippen molar-refractivity contribution in [3.05, 3.63) is 59.7 Å². The Labute approximate surface area is 196 Å². The minimum Gasteiger partial charge on any atom is -0.449 e. The van der Waals surface area contributed by atoms with E-state index in [9.17, 15) is 4.79 Å². The molecule has 1 aliphatic rings. The zero-order valence-electron chi connectivity index (χ0n) is 19.8. The summed E-state index contributed by atoms with van der Waals surface area (Å²) in [6.07, 6.45) is -0.494. The Morgan fingerprint density at radius 1 is 0.939 bits per heavy atom. The quantitative estimate of drug-likeness (QED) is 0.473. The van der Waals surface area contributed by atoms with Gasteiger partial charge in [-0.05, 0) is 43.0 Å². The molecule has 33 heavy (non-hydrogen) atoms. The van der Waals surface area contributed by atoms with E-state index in [2.05, 4.69) is 29.6 Å². The molecule has 1 atom stereocenters. The smallest absolute Gasteiger partial charge is 0.407 e. The van der Waals surface area contributed by atoms with Crippen LogP contribution in [-0.2, 0) is 18.9 Å². The highest BCUT2D eigenvalue weighted by Gasteiger charge is 2.29. The summed E-state index contributed by atoms with van der Waals surface area (Å²) in [4.78, 5) is 12.4. The number of nitrogens with one attached hydrogen (secondary N) is 1. The number of benzene rings is 2. The van der Waals surface area contributed by atoms with Gasteiger partial charge in [-0.1, -0.05) is 48.5 Å². The maximum atomic E-state index is 12.4. The summed E-state index contributed by atoms with van der Waals surface area (Å²) in [5.41, 5.74) is 10.4. The molecule has 0 radical (unpaired) electrons. The van der Waals surface area contributed by atoms with Gasteiger partial charge in [-0.2, -0.15) is 0 Å². The first-order valence-electron chi connectivity index (χ1n) is 11.5. The van der Waals surface area contributed by atoms with Gasteiger partial charge in [-0.25, -0.2) is 4.79 Å². The van der Waals surface area contributed by atoms with Gasteiger partial charge in [-0.15, -0.1) is 0 Å². The summed E-state index contributed by atoms with van der Waals surface area (Å²) in [5.74, 6) is 0.0233. The highest BCUT2D eigenvalue weighted by atomic mass is 16.6. The van der Waals surface area contributed by atoms with Crippen LogP contribution in [0, 0.1) is 0 Å². The molecule has 0 saturated heterocycles. The predicted molar refractivity (Wildman–Crippen MR) is 128 cm³/mol. The Balaban J connectivity index is 1.37. The number of carbonyl (C=O) groups excluding carboxylic acids is 1. The minimum absolute atomic E-state index is 0.0233. The Bertz CT molecular complexity index is 851. The molecule has 0 saturated carbocycles. The fourth-order valence-corrected chi connectivity index (χ4v) is 3.83. The molecule has 3 rings (SSSR count). The first-order chi connectivity index (χ1) is 15.9. The zero-order valence-corrected chi connectivity index (χ0v) is 19.8. The van der Waals surface area contributed by atoms with E-state index in [0.717, 1.165) is 0 Å². The van der Waals surface area contributed by atoms with E-state index in [1.54, 1.807) is 0 Å². The van der Waals surface area contributed by atoms with E-state index in [1.807, 2.05) is 45.0 Å². The van der Waals surface area contributed by atoms with Crippen molar-refractivity contribution in [2.45, 2.75) is 38.3 Å². The number of carbonyl (C=O) groups is 1. The molecule has 0 fully saturated rings. The van der Waals surface area contributed by atoms with Crippen LogP contribution in [0.25, 0.3) is 11.1 Å². The highest BCUT2D eigenvalue weighted by Crippen LogP contribution is 2.44. The number of hydrogen-bond donors (Lipinski definition) is 2. The van der Waals surface area contributed by atoms with Crippen LogP contribution in [0.15, 0.2) is 48.5 Å². The Morgan fingerprint density at radius 2 is 1.52 bits per heavy atom. The van der Waals surface area contributed by atoms with Gasteiger partial charge in [0.1, 0.15) is 6.61 Å². The number of rotatable bonds is 12. The number of nitrogens with two attached hydrogens (primary N) is 1. The van der Waals surface area contributed by atoms with Crippen LogP contribution in [-0.4, -0.2) is 63.9 Å². The number of alkyl carbamates (subject to hydrolysis) is 1. The molecule has 7 nitrogen and oxygen atoms in total. The topological polar surface area (TPSA) is 92.0 Å². The van der Waals surface area contributed by atoms with Crippen molar-refractivity contribution >= 4 is 6.09 Å². The van der Waals surface area contributed by atoms with Crippen LogP contribution in [0.3, 0.4) is 0 Å². The van der Waals surface area contributed by atoms with Gasteiger partial charge in [0, 0.05) is 12.5 Å². The molecule has 2 aromatic carbocycles. The van der Waals surface area contributed by atoms with Gasteiger partial charge in [0.15, 0.2) is 0 Å². The molecule has 7 heteroatoms. The third-order valence-electron chi connectivity index (χ3n) is 5.40. The zero-order chi connectivity index (χ0) is 23.7. The van der Waals surface area contributed by atoms with Gasteiger partial charge in [0.25, 0.3) is 0 Å². The monoisotopic (exact) mass is 456 g/mol. The average molecular weight is 457 g/mol. The summed E-state index contributed by atoms with van der Waals surface area (Å²) in [6.45, 7) is 8.76. The number of amides is 1. The second-order valence-corrected chi connectivity index (χ2v) is 9.05. The van der Waals surface area contributed by atoms with E-state index >= 15 is 0 Å². The van der Waals surface area contributed by atoms with Crippen molar-refractivity contribution in [1.82, 2.24) is 5.32 Å². The fourth-order valence-electron chi connectivity index (χ4n) is 3.83. The third-order valence-corrected chi connectivity index (χ3v) is 5.40. The number of ether oxygens (including phenoxy) is 4. The number of hydrogen-bond acceptors (Lipinski definition) is 6. The average Bonchev–Trinajstić information content (AvgIpc) is 3.11. The standard InChI is InChI=1S/C26H36N2O5/c1-26(2,3)33-15-14-30-12-13-31-17-19(16-27)28-25(29)32-18-24-22-10-6-4-8-20(22)21-9-5-7-11-23(21)24/h4-11,19,24H,12-18,27H2,1-3H3,(H,28,29)/t19-/m0/s1. The predicted octanol–water partition coefficient (Wildman–Crippen LogP) is 3.70. The molecule has 0 bridgehead atoms. The summed E-state index contributed by atoms with van der Waals surface area (Å²) in [5, 5.41) is 2.79. The largest absolute Gasteiger partial charge is 0.449 e.